The van der Waals surface area contributed by atoms with Gasteiger partial charge in [-0.1, -0.05) is 12.1 Å². The Morgan fingerprint density at radius 1 is 1.05 bits per heavy atom. The first-order chi connectivity index (χ1) is 9.29. The Hall–Kier alpha value is -1.88. The van der Waals surface area contributed by atoms with Crippen LogP contribution in [0, 0.1) is 19.7 Å². The summed E-state index contributed by atoms with van der Waals surface area (Å²) in [5.74, 6) is -0.712. The van der Waals surface area contributed by atoms with Crippen LogP contribution in [-0.4, -0.2) is 8.42 Å². The molecule has 0 unspecified atom stereocenters. The third kappa shape index (κ3) is 2.99. The van der Waals surface area contributed by atoms with E-state index >= 15 is 0 Å². The molecule has 0 bridgehead atoms. The van der Waals surface area contributed by atoms with Crippen LogP contribution in [-0.2, 0) is 15.6 Å². The van der Waals surface area contributed by atoms with Gasteiger partial charge in [-0.15, -0.1) is 0 Å². The quantitative estimate of drug-likeness (QED) is 0.885. The molecule has 0 aliphatic heterocycles. The fourth-order valence-electron chi connectivity index (χ4n) is 1.89. The van der Waals surface area contributed by atoms with Crippen molar-refractivity contribution >= 4 is 15.5 Å². The summed E-state index contributed by atoms with van der Waals surface area (Å²) < 4.78 is 37.7. The van der Waals surface area contributed by atoms with E-state index in [2.05, 4.69) is 0 Å². The van der Waals surface area contributed by atoms with E-state index in [0.717, 1.165) is 17.2 Å². The largest absolute Gasteiger partial charge is 0.398 e. The predicted octanol–water partition coefficient (Wildman–Crippen LogP) is 3.00. The highest BCUT2D eigenvalue weighted by Gasteiger charge is 2.17. The van der Waals surface area contributed by atoms with E-state index < -0.39 is 15.7 Å². The highest BCUT2D eigenvalue weighted by molar-refractivity contribution is 7.90. The Bertz CT molecular complexity index is 754. The van der Waals surface area contributed by atoms with Crippen LogP contribution in [0.2, 0.25) is 0 Å². The molecule has 20 heavy (non-hydrogen) atoms. The van der Waals surface area contributed by atoms with Gasteiger partial charge in [0.25, 0.3) is 0 Å². The van der Waals surface area contributed by atoms with E-state index in [1.807, 2.05) is 13.8 Å². The van der Waals surface area contributed by atoms with Crippen molar-refractivity contribution in [3.05, 3.63) is 58.9 Å². The lowest BCUT2D eigenvalue weighted by atomic mass is 10.1. The van der Waals surface area contributed by atoms with E-state index in [-0.39, 0.29) is 16.3 Å². The van der Waals surface area contributed by atoms with Gasteiger partial charge in [0.05, 0.1) is 10.6 Å². The van der Waals surface area contributed by atoms with Crippen molar-refractivity contribution < 1.29 is 12.8 Å². The zero-order valence-electron chi connectivity index (χ0n) is 11.4. The van der Waals surface area contributed by atoms with Gasteiger partial charge in [-0.05, 0) is 54.8 Å². The van der Waals surface area contributed by atoms with Crippen LogP contribution in [0.1, 0.15) is 16.7 Å². The summed E-state index contributed by atoms with van der Waals surface area (Å²) in [7, 11) is -3.49. The fraction of sp³-hybridized carbons (Fsp3) is 0.200. The van der Waals surface area contributed by atoms with Crippen LogP contribution >= 0.6 is 0 Å². The lowest BCUT2D eigenvalue weighted by molar-refractivity contribution is 0.594. The molecule has 0 heterocycles. The lowest BCUT2D eigenvalue weighted by Gasteiger charge is -2.09. The predicted molar refractivity (Wildman–Crippen MR) is 77.6 cm³/mol. The first kappa shape index (κ1) is 14.5. The third-order valence-corrected chi connectivity index (χ3v) is 4.95. The van der Waals surface area contributed by atoms with Gasteiger partial charge in [-0.2, -0.15) is 0 Å². The number of benzene rings is 2. The second-order valence-corrected chi connectivity index (χ2v) is 6.84. The third-order valence-electron chi connectivity index (χ3n) is 3.29. The molecule has 2 rings (SSSR count). The highest BCUT2D eigenvalue weighted by Crippen LogP contribution is 2.22. The van der Waals surface area contributed by atoms with E-state index in [1.54, 1.807) is 18.2 Å². The summed E-state index contributed by atoms with van der Waals surface area (Å²) in [6, 6.07) is 8.74. The minimum atomic E-state index is -3.49. The summed E-state index contributed by atoms with van der Waals surface area (Å²) in [5, 5.41) is 0. The van der Waals surface area contributed by atoms with E-state index in [4.69, 9.17) is 5.73 Å². The van der Waals surface area contributed by atoms with Crippen molar-refractivity contribution in [2.45, 2.75) is 24.5 Å². The van der Waals surface area contributed by atoms with Crippen molar-refractivity contribution in [1.29, 1.82) is 0 Å². The zero-order chi connectivity index (χ0) is 14.9. The molecule has 2 aromatic rings. The van der Waals surface area contributed by atoms with Crippen LogP contribution in [0.25, 0.3) is 0 Å². The molecule has 0 saturated heterocycles. The van der Waals surface area contributed by atoms with Gasteiger partial charge in [0, 0.05) is 5.69 Å². The number of aryl methyl sites for hydroxylation is 2. The van der Waals surface area contributed by atoms with Crippen LogP contribution in [0.4, 0.5) is 10.1 Å². The Balaban J connectivity index is 2.38. The fourth-order valence-corrected chi connectivity index (χ4v) is 3.36. The SMILES string of the molecule is Cc1ccc(S(=O)(=O)Cc2ccc(F)cc2N)cc1C. The molecule has 3 nitrogen and oxygen atoms in total. The molecule has 0 aliphatic rings. The molecule has 0 aromatic heterocycles. The second-order valence-electron chi connectivity index (χ2n) is 4.85. The summed E-state index contributed by atoms with van der Waals surface area (Å²) in [6.07, 6.45) is 0. The zero-order valence-corrected chi connectivity index (χ0v) is 12.2. The Morgan fingerprint density at radius 2 is 1.75 bits per heavy atom. The molecular formula is C15H16FNO2S. The van der Waals surface area contributed by atoms with E-state index in [1.165, 1.54) is 12.1 Å². The number of nitrogen functional groups attached to an aromatic ring is 1. The summed E-state index contributed by atoms with van der Waals surface area (Å²) in [4.78, 5) is 0.254. The number of halogens is 1. The Labute approximate surface area is 118 Å². The molecule has 0 atom stereocenters. The number of rotatable bonds is 3. The van der Waals surface area contributed by atoms with Gasteiger partial charge < -0.3 is 5.73 Å². The van der Waals surface area contributed by atoms with Crippen LogP contribution in [0.3, 0.4) is 0 Å². The monoisotopic (exact) mass is 293 g/mol. The number of sulfone groups is 1. The maximum absolute atomic E-state index is 13.0. The van der Waals surface area contributed by atoms with Gasteiger partial charge >= 0.3 is 0 Å². The molecule has 0 radical (unpaired) electrons. The first-order valence-electron chi connectivity index (χ1n) is 6.13. The molecule has 0 saturated carbocycles. The van der Waals surface area contributed by atoms with Gasteiger partial charge in [0.2, 0.25) is 0 Å². The second kappa shape index (κ2) is 5.25. The lowest BCUT2D eigenvalue weighted by Crippen LogP contribution is -2.07. The van der Waals surface area contributed by atoms with E-state index in [9.17, 15) is 12.8 Å². The number of anilines is 1. The molecular weight excluding hydrogens is 277 g/mol. The van der Waals surface area contributed by atoms with Crippen LogP contribution in [0.5, 0.6) is 0 Å². The maximum atomic E-state index is 13.0. The smallest absolute Gasteiger partial charge is 0.182 e. The minimum Gasteiger partial charge on any atom is -0.398 e. The highest BCUT2D eigenvalue weighted by atomic mass is 32.2. The van der Waals surface area contributed by atoms with E-state index in [0.29, 0.717) is 5.56 Å². The van der Waals surface area contributed by atoms with Crippen LogP contribution < -0.4 is 5.73 Å². The molecule has 106 valence electrons. The Morgan fingerprint density at radius 3 is 2.35 bits per heavy atom. The standard InChI is InChI=1S/C15H16FNO2S/c1-10-3-6-14(7-11(10)2)20(18,19)9-12-4-5-13(16)8-15(12)17/h3-8H,9,17H2,1-2H3. The van der Waals surface area contributed by atoms with Crippen molar-refractivity contribution in [3.8, 4) is 0 Å². The van der Waals surface area contributed by atoms with Crippen molar-refractivity contribution in [2.75, 3.05) is 5.73 Å². The Kier molecular flexibility index (Phi) is 3.81. The van der Waals surface area contributed by atoms with Gasteiger partial charge in [0.1, 0.15) is 5.82 Å². The molecule has 0 fully saturated rings. The maximum Gasteiger partial charge on any atom is 0.182 e. The summed E-state index contributed by atoms with van der Waals surface area (Å²) in [5.41, 5.74) is 8.16. The topological polar surface area (TPSA) is 60.2 Å². The number of nitrogens with two attached hydrogens (primary N) is 1. The molecule has 2 aromatic carbocycles. The van der Waals surface area contributed by atoms with Crippen molar-refractivity contribution in [1.82, 2.24) is 0 Å². The molecule has 0 aliphatic carbocycles. The average Bonchev–Trinajstić information content (AvgIpc) is 2.36. The molecule has 5 heteroatoms. The minimum absolute atomic E-state index is 0.150. The normalized spacial score (nSPS) is 11.6. The average molecular weight is 293 g/mol. The van der Waals surface area contributed by atoms with Crippen LogP contribution in [0.15, 0.2) is 41.3 Å². The molecule has 0 amide bonds. The van der Waals surface area contributed by atoms with Crippen molar-refractivity contribution in [2.24, 2.45) is 0 Å². The molecule has 2 N–H and O–H groups in total. The number of hydrogen-bond acceptors (Lipinski definition) is 3. The van der Waals surface area contributed by atoms with Gasteiger partial charge in [-0.3, -0.25) is 0 Å². The number of hydrogen-bond donors (Lipinski definition) is 1. The summed E-state index contributed by atoms with van der Waals surface area (Å²) >= 11 is 0. The molecule has 0 spiro atoms. The first-order valence-corrected chi connectivity index (χ1v) is 7.79. The van der Waals surface area contributed by atoms with Gasteiger partial charge in [-0.25, -0.2) is 12.8 Å². The van der Waals surface area contributed by atoms with Crippen molar-refractivity contribution in [3.63, 3.8) is 0 Å². The van der Waals surface area contributed by atoms with Gasteiger partial charge in [0.15, 0.2) is 9.84 Å². The summed E-state index contributed by atoms with van der Waals surface area (Å²) in [6.45, 7) is 3.78.